The molecule has 0 aliphatic rings. The van der Waals surface area contributed by atoms with Crippen LogP contribution in [0.4, 0.5) is 5.82 Å². The number of nitrogens with zero attached hydrogens (tertiary/aromatic N) is 1. The molecule has 3 nitrogen and oxygen atoms in total. The van der Waals surface area contributed by atoms with Crippen molar-refractivity contribution in [2.45, 2.75) is 33.1 Å². The van der Waals surface area contributed by atoms with Crippen LogP contribution in [0.2, 0.25) is 0 Å². The molecule has 17 heavy (non-hydrogen) atoms. The van der Waals surface area contributed by atoms with Gasteiger partial charge in [-0.2, -0.15) is 0 Å². The highest BCUT2D eigenvalue weighted by atomic mass is 16.5. The number of benzene rings is 1. The maximum atomic E-state index is 5.89. The van der Waals surface area contributed by atoms with Gasteiger partial charge in [0.25, 0.3) is 0 Å². The monoisotopic (exact) mass is 230 g/mol. The second kappa shape index (κ2) is 5.04. The van der Waals surface area contributed by atoms with Crippen LogP contribution in [0.15, 0.2) is 28.8 Å². The maximum Gasteiger partial charge on any atom is 0.175 e. The lowest BCUT2D eigenvalue weighted by atomic mass is 10.0. The summed E-state index contributed by atoms with van der Waals surface area (Å²) in [6.45, 7) is 4.23. The summed E-state index contributed by atoms with van der Waals surface area (Å²) in [5, 5.41) is 3.88. The van der Waals surface area contributed by atoms with Crippen molar-refractivity contribution in [2.24, 2.45) is 0 Å². The maximum absolute atomic E-state index is 5.89. The van der Waals surface area contributed by atoms with Gasteiger partial charge in [-0.15, -0.1) is 0 Å². The molecule has 3 heteroatoms. The highest BCUT2D eigenvalue weighted by molar-refractivity contribution is 5.75. The zero-order chi connectivity index (χ0) is 12.3. The van der Waals surface area contributed by atoms with Gasteiger partial charge in [-0.1, -0.05) is 48.3 Å². The second-order valence-electron chi connectivity index (χ2n) is 4.34. The molecule has 0 atom stereocenters. The highest BCUT2D eigenvalue weighted by Gasteiger charge is 2.15. The molecule has 0 fully saturated rings. The van der Waals surface area contributed by atoms with Crippen LogP contribution in [0.1, 0.15) is 31.1 Å². The fourth-order valence-corrected chi connectivity index (χ4v) is 1.96. The van der Waals surface area contributed by atoms with E-state index in [1.54, 1.807) is 0 Å². The van der Waals surface area contributed by atoms with Gasteiger partial charge < -0.3 is 10.3 Å². The number of nitrogens with two attached hydrogens (primary N) is 1. The molecule has 0 saturated carbocycles. The molecule has 90 valence electrons. The summed E-state index contributed by atoms with van der Waals surface area (Å²) in [6.07, 6.45) is 3.12. The van der Waals surface area contributed by atoms with Crippen molar-refractivity contribution in [1.82, 2.24) is 5.16 Å². The Morgan fingerprint density at radius 1 is 1.35 bits per heavy atom. The van der Waals surface area contributed by atoms with Gasteiger partial charge in [0.1, 0.15) is 5.76 Å². The zero-order valence-corrected chi connectivity index (χ0v) is 10.4. The number of hydrogen-bond acceptors (Lipinski definition) is 3. The van der Waals surface area contributed by atoms with Crippen molar-refractivity contribution in [3.63, 3.8) is 0 Å². The molecular weight excluding hydrogens is 212 g/mol. The number of rotatable bonds is 4. The third kappa shape index (κ3) is 2.49. The van der Waals surface area contributed by atoms with E-state index in [9.17, 15) is 0 Å². The lowest BCUT2D eigenvalue weighted by Gasteiger charge is -2.03. The quantitative estimate of drug-likeness (QED) is 0.873. The standard InChI is InChI=1S/C14H18N2O/c1-3-4-8-12-13(14(15)16-17-12)11-7-5-6-10(2)9-11/h5-7,9H,3-4,8H2,1-2H3,(H2,15,16). The molecule has 0 spiro atoms. The van der Waals surface area contributed by atoms with Crippen LogP contribution in [0.5, 0.6) is 0 Å². The molecule has 1 aromatic heterocycles. The Hall–Kier alpha value is -1.77. The van der Waals surface area contributed by atoms with Crippen LogP contribution < -0.4 is 5.73 Å². The first-order chi connectivity index (χ1) is 8.22. The minimum absolute atomic E-state index is 0.488. The van der Waals surface area contributed by atoms with Crippen LogP contribution >= 0.6 is 0 Å². The van der Waals surface area contributed by atoms with Gasteiger partial charge in [0, 0.05) is 6.42 Å². The van der Waals surface area contributed by atoms with Gasteiger partial charge in [0.15, 0.2) is 5.82 Å². The Labute approximate surface area is 102 Å². The minimum Gasteiger partial charge on any atom is -0.380 e. The van der Waals surface area contributed by atoms with Crippen molar-refractivity contribution in [3.8, 4) is 11.1 Å². The molecule has 0 radical (unpaired) electrons. The normalized spacial score (nSPS) is 10.7. The summed E-state index contributed by atoms with van der Waals surface area (Å²) < 4.78 is 5.32. The van der Waals surface area contributed by atoms with Crippen molar-refractivity contribution < 1.29 is 4.52 Å². The van der Waals surface area contributed by atoms with Crippen LogP contribution in [0.25, 0.3) is 11.1 Å². The van der Waals surface area contributed by atoms with Gasteiger partial charge >= 0.3 is 0 Å². The largest absolute Gasteiger partial charge is 0.380 e. The molecule has 2 aromatic rings. The average molecular weight is 230 g/mol. The third-order valence-electron chi connectivity index (χ3n) is 2.85. The Bertz CT molecular complexity index is 503. The van der Waals surface area contributed by atoms with E-state index < -0.39 is 0 Å². The minimum atomic E-state index is 0.488. The summed E-state index contributed by atoms with van der Waals surface area (Å²) in [5.74, 6) is 1.39. The lowest BCUT2D eigenvalue weighted by molar-refractivity contribution is 0.383. The van der Waals surface area contributed by atoms with E-state index in [0.717, 1.165) is 36.1 Å². The van der Waals surface area contributed by atoms with Gasteiger partial charge in [0.2, 0.25) is 0 Å². The number of nitrogen functional groups attached to an aromatic ring is 1. The molecule has 2 rings (SSSR count). The molecule has 0 saturated heterocycles. The first-order valence-corrected chi connectivity index (χ1v) is 6.03. The molecule has 0 bridgehead atoms. The smallest absolute Gasteiger partial charge is 0.175 e. The fraction of sp³-hybridized carbons (Fsp3) is 0.357. The Balaban J connectivity index is 2.39. The Morgan fingerprint density at radius 2 is 2.18 bits per heavy atom. The molecule has 0 unspecified atom stereocenters. The Morgan fingerprint density at radius 3 is 2.88 bits per heavy atom. The molecular formula is C14H18N2O. The van der Waals surface area contributed by atoms with E-state index in [4.69, 9.17) is 10.3 Å². The summed E-state index contributed by atoms with van der Waals surface area (Å²) in [7, 11) is 0. The van der Waals surface area contributed by atoms with Crippen molar-refractivity contribution >= 4 is 5.82 Å². The first-order valence-electron chi connectivity index (χ1n) is 6.03. The summed E-state index contributed by atoms with van der Waals surface area (Å²) in [4.78, 5) is 0. The Kier molecular flexibility index (Phi) is 3.47. The number of aryl methyl sites for hydroxylation is 2. The van der Waals surface area contributed by atoms with E-state index in [1.807, 2.05) is 12.1 Å². The molecule has 0 aliphatic heterocycles. The van der Waals surface area contributed by atoms with E-state index in [0.29, 0.717) is 5.82 Å². The lowest BCUT2D eigenvalue weighted by Crippen LogP contribution is -1.91. The third-order valence-corrected chi connectivity index (χ3v) is 2.85. The van der Waals surface area contributed by atoms with Crippen LogP contribution in [0, 0.1) is 6.92 Å². The molecule has 0 aliphatic carbocycles. The summed E-state index contributed by atoms with van der Waals surface area (Å²) >= 11 is 0. The van der Waals surface area contributed by atoms with Crippen LogP contribution in [-0.4, -0.2) is 5.16 Å². The first kappa shape index (κ1) is 11.7. The SMILES string of the molecule is CCCCc1onc(N)c1-c1cccc(C)c1. The van der Waals surface area contributed by atoms with Crippen molar-refractivity contribution in [3.05, 3.63) is 35.6 Å². The van der Waals surface area contributed by atoms with Gasteiger partial charge in [-0.05, 0) is 18.9 Å². The molecule has 1 heterocycles. The van der Waals surface area contributed by atoms with Crippen molar-refractivity contribution in [1.29, 1.82) is 0 Å². The highest BCUT2D eigenvalue weighted by Crippen LogP contribution is 2.30. The number of anilines is 1. The topological polar surface area (TPSA) is 52.0 Å². The number of hydrogen-bond donors (Lipinski definition) is 1. The summed E-state index contributed by atoms with van der Waals surface area (Å²) in [6, 6.07) is 8.25. The van der Waals surface area contributed by atoms with Gasteiger partial charge in [-0.25, -0.2) is 0 Å². The number of unbranched alkanes of at least 4 members (excludes halogenated alkanes) is 1. The van der Waals surface area contributed by atoms with Gasteiger partial charge in [-0.3, -0.25) is 0 Å². The van der Waals surface area contributed by atoms with Crippen molar-refractivity contribution in [2.75, 3.05) is 5.73 Å². The molecule has 0 amide bonds. The number of aromatic nitrogens is 1. The van der Waals surface area contributed by atoms with E-state index in [2.05, 4.69) is 31.1 Å². The van der Waals surface area contributed by atoms with E-state index in [1.165, 1.54) is 5.56 Å². The fourth-order valence-electron chi connectivity index (χ4n) is 1.96. The molecule has 1 aromatic carbocycles. The predicted molar refractivity (Wildman–Crippen MR) is 69.7 cm³/mol. The zero-order valence-electron chi connectivity index (χ0n) is 10.4. The van der Waals surface area contributed by atoms with E-state index in [-0.39, 0.29) is 0 Å². The van der Waals surface area contributed by atoms with E-state index >= 15 is 0 Å². The van der Waals surface area contributed by atoms with Crippen LogP contribution in [0.3, 0.4) is 0 Å². The molecule has 2 N–H and O–H groups in total. The van der Waals surface area contributed by atoms with Crippen LogP contribution in [-0.2, 0) is 6.42 Å². The predicted octanol–water partition coefficient (Wildman–Crippen LogP) is 3.57. The average Bonchev–Trinajstić information content (AvgIpc) is 2.68. The second-order valence-corrected chi connectivity index (χ2v) is 4.34. The van der Waals surface area contributed by atoms with Gasteiger partial charge in [0.05, 0.1) is 5.56 Å². The summed E-state index contributed by atoms with van der Waals surface area (Å²) in [5.41, 5.74) is 9.16.